The van der Waals surface area contributed by atoms with E-state index in [1.54, 1.807) is 0 Å². The average molecular weight is 316 g/mol. The molecule has 1 aromatic rings. The number of nitrogens with one attached hydrogen (secondary N) is 1. The van der Waals surface area contributed by atoms with Crippen LogP contribution in [0.5, 0.6) is 0 Å². The summed E-state index contributed by atoms with van der Waals surface area (Å²) in [6.07, 6.45) is 9.66. The largest absolute Gasteiger partial charge is 0.218 e. The molecule has 0 radical (unpaired) electrons. The molecule has 0 bridgehead atoms. The van der Waals surface area contributed by atoms with E-state index in [0.717, 1.165) is 12.8 Å². The van der Waals surface area contributed by atoms with Crippen LogP contribution >= 0.6 is 10.0 Å². The summed E-state index contributed by atoms with van der Waals surface area (Å²) in [6.45, 7) is 2.35. The summed E-state index contributed by atoms with van der Waals surface area (Å²) in [7, 11) is 4.02. The van der Waals surface area contributed by atoms with E-state index in [2.05, 4.69) is 28.0 Å². The van der Waals surface area contributed by atoms with Gasteiger partial charge < -0.3 is 5.11 Å². The fraction of sp³-hybridized carbons (Fsp3) is 0.364. The maximum absolute atomic E-state index is 8.91. The molecular formula is C11H18ClCrNO4. The Balaban J connectivity index is 0. The number of pyridine rings is 1. The van der Waals surface area contributed by atoms with Gasteiger partial charge in [0.15, 0.2) is 12.4 Å². The van der Waals surface area contributed by atoms with E-state index < -0.39 is 12.4 Å². The molecule has 1 heterocycles. The summed E-state index contributed by atoms with van der Waals surface area (Å²) in [5.74, 6) is 0. The zero-order valence-electron chi connectivity index (χ0n) is 10.1. The Bertz CT molecular complexity index is 347. The standard InChI is InChI=1S/C6H12O.C5H5N.ClH.Cr.3O/c1-2-3-4-5-6-7;1-2-4-6-5-3-1;;;;;/h3-4,7H,2,5-6H2,1H3;1-5H;1H;;;;/q;;;+1;;;-1. The van der Waals surface area contributed by atoms with Gasteiger partial charge in [-0.05, 0) is 12.8 Å². The van der Waals surface area contributed by atoms with Crippen LogP contribution in [0, 0.1) is 0 Å². The number of aliphatic hydroxyl groups is 1. The van der Waals surface area contributed by atoms with Crippen LogP contribution in [-0.2, 0) is 20.0 Å². The van der Waals surface area contributed by atoms with Crippen molar-refractivity contribution < 1.29 is 34.2 Å². The van der Waals surface area contributed by atoms with E-state index >= 15 is 0 Å². The van der Waals surface area contributed by atoms with Gasteiger partial charge in [0, 0.05) is 18.7 Å². The Morgan fingerprint density at radius 1 is 1.28 bits per heavy atom. The van der Waals surface area contributed by atoms with Crippen LogP contribution in [-0.4, -0.2) is 11.7 Å². The van der Waals surface area contributed by atoms with Crippen LogP contribution in [0.3, 0.4) is 0 Å². The van der Waals surface area contributed by atoms with E-state index in [0.29, 0.717) is 0 Å². The third kappa shape index (κ3) is 36.2. The topological polar surface area (TPSA) is 91.6 Å². The third-order valence-corrected chi connectivity index (χ3v) is 1.31. The van der Waals surface area contributed by atoms with Crippen LogP contribution in [0.1, 0.15) is 19.8 Å². The zero-order valence-corrected chi connectivity index (χ0v) is 12.2. The second kappa shape index (κ2) is 14.3. The average Bonchev–Trinajstić information content (AvgIpc) is 2.31. The zero-order chi connectivity index (χ0) is 14.3. The number of hydrogen-bond donors (Lipinski definition) is 1. The van der Waals surface area contributed by atoms with Crippen molar-refractivity contribution in [3.8, 4) is 0 Å². The molecule has 0 aliphatic heterocycles. The molecule has 104 valence electrons. The number of H-pyrrole nitrogens is 1. The molecule has 5 nitrogen and oxygen atoms in total. The van der Waals surface area contributed by atoms with E-state index in [9.17, 15) is 0 Å². The Hall–Kier alpha value is -0.768. The van der Waals surface area contributed by atoms with Crippen LogP contribution in [0.4, 0.5) is 0 Å². The number of hydrogen-bond acceptors (Lipinski definition) is 4. The van der Waals surface area contributed by atoms with Crippen molar-refractivity contribution in [2.45, 2.75) is 19.8 Å². The molecule has 18 heavy (non-hydrogen) atoms. The first-order valence-electron chi connectivity index (χ1n) is 5.24. The molecule has 0 unspecified atom stereocenters. The van der Waals surface area contributed by atoms with Gasteiger partial charge in [-0.25, -0.2) is 4.98 Å². The first-order chi connectivity index (χ1) is 8.41. The molecule has 0 saturated carbocycles. The monoisotopic (exact) mass is 315 g/mol. The number of aromatic amines is 1. The summed E-state index contributed by atoms with van der Waals surface area (Å²) in [4.78, 5) is 2.89. The Morgan fingerprint density at radius 2 is 1.78 bits per heavy atom. The molecule has 0 amide bonds. The second-order valence-electron chi connectivity index (χ2n) is 2.86. The Kier molecular flexibility index (Phi) is 15.5. The predicted molar refractivity (Wildman–Crippen MR) is 61.4 cm³/mol. The number of rotatable bonds is 3. The maximum Gasteiger partial charge on any atom is 0.166 e. The van der Waals surface area contributed by atoms with Crippen molar-refractivity contribution in [2.75, 3.05) is 6.61 Å². The molecule has 1 aromatic heterocycles. The number of halogens is 1. The maximum atomic E-state index is 8.91. The number of aromatic nitrogens is 1. The van der Waals surface area contributed by atoms with Gasteiger partial charge in [0.05, 0.1) is 0 Å². The minimum Gasteiger partial charge on any atom is -0.218 e. The van der Waals surface area contributed by atoms with Gasteiger partial charge in [0.25, 0.3) is 0 Å². The molecule has 7 heteroatoms. The van der Waals surface area contributed by atoms with Crippen LogP contribution < -0.4 is 9.14 Å². The molecule has 0 atom stereocenters. The third-order valence-electron chi connectivity index (χ3n) is 1.31. The fourth-order valence-corrected chi connectivity index (χ4v) is 0.701. The van der Waals surface area contributed by atoms with Crippen molar-refractivity contribution in [3.63, 3.8) is 0 Å². The van der Waals surface area contributed by atoms with Crippen molar-refractivity contribution >= 4 is 10.0 Å². The van der Waals surface area contributed by atoms with Crippen LogP contribution in [0.15, 0.2) is 42.7 Å². The van der Waals surface area contributed by atoms with Crippen molar-refractivity contribution in [1.29, 1.82) is 0 Å². The first-order valence-corrected chi connectivity index (χ1v) is 8.55. The molecule has 0 saturated heterocycles. The van der Waals surface area contributed by atoms with Crippen molar-refractivity contribution in [3.05, 3.63) is 42.7 Å². The molecule has 1 rings (SSSR count). The Morgan fingerprint density at radius 3 is 2.00 bits per heavy atom. The predicted octanol–water partition coefficient (Wildman–Crippen LogP) is 1.10. The molecule has 0 aliphatic rings. The quantitative estimate of drug-likeness (QED) is 0.845. The van der Waals surface area contributed by atoms with Gasteiger partial charge in [0.2, 0.25) is 0 Å². The molecular weight excluding hydrogens is 298 g/mol. The van der Waals surface area contributed by atoms with Gasteiger partial charge in [-0.1, -0.05) is 25.1 Å². The number of aliphatic hydroxyl groups excluding tert-OH is 1. The molecule has 0 aromatic carbocycles. The fourth-order valence-electron chi connectivity index (χ4n) is 0.701. The van der Waals surface area contributed by atoms with Gasteiger partial charge in [-0.2, -0.15) is 0 Å². The van der Waals surface area contributed by atoms with Gasteiger partial charge in [0.1, 0.15) is 0 Å². The van der Waals surface area contributed by atoms with E-state index in [-0.39, 0.29) is 6.61 Å². The molecule has 2 N–H and O–H groups in total. The van der Waals surface area contributed by atoms with Gasteiger partial charge in [-0.15, -0.1) is 0 Å². The van der Waals surface area contributed by atoms with Crippen LogP contribution in [0.25, 0.3) is 0 Å². The molecule has 0 aliphatic carbocycles. The SMILES string of the molecule is CCC=CCCO.[O]=[Cr](=[O])([O-])[Cl].c1cc[nH+]cc1. The van der Waals surface area contributed by atoms with E-state index in [1.807, 2.05) is 36.7 Å². The summed E-state index contributed by atoms with van der Waals surface area (Å²) >= 11 is -5.03. The van der Waals surface area contributed by atoms with Gasteiger partial charge >= 0.3 is 34.2 Å². The number of allylic oxidation sites excluding steroid dienone is 1. The van der Waals surface area contributed by atoms with Crippen molar-refractivity contribution in [1.82, 2.24) is 0 Å². The summed E-state index contributed by atoms with van der Waals surface area (Å²) in [5.41, 5.74) is 0. The second-order valence-corrected chi connectivity index (χ2v) is 5.65. The summed E-state index contributed by atoms with van der Waals surface area (Å²) in [6, 6.07) is 5.86. The van der Waals surface area contributed by atoms with E-state index in [1.165, 1.54) is 0 Å². The normalized spacial score (nSPS) is 10.0. The first kappa shape index (κ1) is 19.6. The molecule has 0 spiro atoms. The minimum absolute atomic E-state index is 0.274. The summed E-state index contributed by atoms with van der Waals surface area (Å²) in [5, 5.41) is 8.24. The Labute approximate surface area is 113 Å². The van der Waals surface area contributed by atoms with Crippen LogP contribution in [0.2, 0.25) is 0 Å². The smallest absolute Gasteiger partial charge is 0.166 e. The minimum atomic E-state index is -5.03. The van der Waals surface area contributed by atoms with Gasteiger partial charge in [-0.3, -0.25) is 0 Å². The molecule has 0 fully saturated rings. The van der Waals surface area contributed by atoms with Crippen molar-refractivity contribution in [2.24, 2.45) is 0 Å². The van der Waals surface area contributed by atoms with E-state index in [4.69, 9.17) is 16.9 Å². The summed E-state index contributed by atoms with van der Waals surface area (Å²) < 4.78 is 26.7.